The van der Waals surface area contributed by atoms with Gasteiger partial charge < -0.3 is 0 Å². The second-order valence-electron chi connectivity index (χ2n) is 6.18. The van der Waals surface area contributed by atoms with E-state index in [2.05, 4.69) is 37.5 Å². The normalized spacial score (nSPS) is 29.2. The lowest BCUT2D eigenvalue weighted by molar-refractivity contribution is 0.171. The van der Waals surface area contributed by atoms with E-state index in [-0.39, 0.29) is 6.04 Å². The van der Waals surface area contributed by atoms with Crippen LogP contribution in [0.4, 0.5) is 0 Å². The maximum Gasteiger partial charge on any atom is 0.0488 e. The Morgan fingerprint density at radius 1 is 1.26 bits per heavy atom. The summed E-state index contributed by atoms with van der Waals surface area (Å²) in [4.78, 5) is 0. The van der Waals surface area contributed by atoms with Crippen molar-refractivity contribution in [2.24, 2.45) is 23.6 Å². The molecule has 0 amide bonds. The van der Waals surface area contributed by atoms with E-state index < -0.39 is 0 Å². The zero-order chi connectivity index (χ0) is 14.0. The smallest absolute Gasteiger partial charge is 0.0488 e. The third kappa shape index (κ3) is 3.31. The molecule has 0 heterocycles. The van der Waals surface area contributed by atoms with Gasteiger partial charge in [0.1, 0.15) is 0 Å². The van der Waals surface area contributed by atoms with Crippen molar-refractivity contribution >= 4 is 11.6 Å². The van der Waals surface area contributed by atoms with Gasteiger partial charge >= 0.3 is 0 Å². The van der Waals surface area contributed by atoms with Crippen LogP contribution in [0.2, 0.25) is 5.02 Å². The predicted molar refractivity (Wildman–Crippen MR) is 81.9 cm³/mol. The molecule has 2 nitrogen and oxygen atoms in total. The molecule has 1 aliphatic carbocycles. The van der Waals surface area contributed by atoms with Crippen LogP contribution in [0.3, 0.4) is 0 Å². The van der Waals surface area contributed by atoms with E-state index in [0.717, 1.165) is 22.4 Å². The van der Waals surface area contributed by atoms with Crippen LogP contribution in [0.5, 0.6) is 0 Å². The third-order valence-corrected chi connectivity index (χ3v) is 5.25. The van der Waals surface area contributed by atoms with Gasteiger partial charge in [0.25, 0.3) is 0 Å². The third-order valence-electron chi connectivity index (χ3n) is 4.84. The molecule has 0 aliphatic heterocycles. The summed E-state index contributed by atoms with van der Waals surface area (Å²) in [5, 5.41) is 0.829. The van der Waals surface area contributed by atoms with Gasteiger partial charge in [-0.25, -0.2) is 0 Å². The van der Waals surface area contributed by atoms with Crippen molar-refractivity contribution in [1.82, 2.24) is 5.43 Å². The van der Waals surface area contributed by atoms with Crippen molar-refractivity contribution < 1.29 is 0 Å². The highest BCUT2D eigenvalue weighted by Gasteiger charge is 2.30. The molecular formula is C16H25ClN2. The lowest BCUT2D eigenvalue weighted by atomic mass is 9.72. The summed E-state index contributed by atoms with van der Waals surface area (Å²) < 4.78 is 0. The van der Waals surface area contributed by atoms with Gasteiger partial charge in [-0.3, -0.25) is 11.3 Å². The number of rotatable bonds is 3. The van der Waals surface area contributed by atoms with Crippen LogP contribution < -0.4 is 11.3 Å². The molecule has 2 rings (SSSR count). The van der Waals surface area contributed by atoms with Crippen molar-refractivity contribution in [3.63, 3.8) is 0 Å². The number of benzene rings is 1. The fourth-order valence-corrected chi connectivity index (χ4v) is 3.39. The van der Waals surface area contributed by atoms with E-state index in [4.69, 9.17) is 17.4 Å². The zero-order valence-corrected chi connectivity index (χ0v) is 12.9. The molecule has 3 heteroatoms. The van der Waals surface area contributed by atoms with Gasteiger partial charge in [0.2, 0.25) is 0 Å². The maximum atomic E-state index is 6.24. The molecule has 1 aliphatic rings. The number of hydrogen-bond donors (Lipinski definition) is 2. The van der Waals surface area contributed by atoms with Crippen molar-refractivity contribution in [2.75, 3.05) is 0 Å². The standard InChI is InChI=1S/C16H25ClN2/c1-10-4-6-13(8-12(10)3)16(19-18)14-7-5-11(2)15(17)9-14/h5,7,9-10,12-13,16,19H,4,6,8,18H2,1-3H3. The SMILES string of the molecule is Cc1ccc(C(NN)C2CCC(C)C(C)C2)cc1Cl. The van der Waals surface area contributed by atoms with Crippen molar-refractivity contribution in [1.29, 1.82) is 0 Å². The molecule has 0 radical (unpaired) electrons. The van der Waals surface area contributed by atoms with Crippen LogP contribution in [0, 0.1) is 24.7 Å². The van der Waals surface area contributed by atoms with Gasteiger partial charge in [0.05, 0.1) is 0 Å². The minimum atomic E-state index is 0.216. The molecule has 0 saturated heterocycles. The monoisotopic (exact) mass is 280 g/mol. The average molecular weight is 281 g/mol. The van der Waals surface area contributed by atoms with E-state index in [1.54, 1.807) is 0 Å². The first-order valence-corrected chi connectivity index (χ1v) is 7.63. The Kier molecular flexibility index (Phi) is 4.88. The molecule has 19 heavy (non-hydrogen) atoms. The Bertz CT molecular complexity index is 433. The van der Waals surface area contributed by atoms with Gasteiger partial charge in [-0.15, -0.1) is 0 Å². The van der Waals surface area contributed by atoms with Crippen LogP contribution in [0.1, 0.15) is 50.3 Å². The lowest BCUT2D eigenvalue weighted by Crippen LogP contribution is -2.36. The fourth-order valence-electron chi connectivity index (χ4n) is 3.20. The fraction of sp³-hybridized carbons (Fsp3) is 0.625. The summed E-state index contributed by atoms with van der Waals surface area (Å²) in [7, 11) is 0. The Morgan fingerprint density at radius 2 is 2.00 bits per heavy atom. The molecule has 1 aromatic rings. The number of nitrogens with two attached hydrogens (primary N) is 1. The Morgan fingerprint density at radius 3 is 2.58 bits per heavy atom. The van der Waals surface area contributed by atoms with Gasteiger partial charge in [0, 0.05) is 11.1 Å². The summed E-state index contributed by atoms with van der Waals surface area (Å²) in [6.07, 6.45) is 3.77. The second kappa shape index (κ2) is 6.25. The molecule has 0 bridgehead atoms. The number of halogens is 1. The molecule has 106 valence electrons. The summed E-state index contributed by atoms with van der Waals surface area (Å²) in [5.74, 6) is 8.02. The number of hydrazine groups is 1. The van der Waals surface area contributed by atoms with Crippen molar-refractivity contribution in [3.05, 3.63) is 34.3 Å². The lowest BCUT2D eigenvalue weighted by Gasteiger charge is -2.36. The molecule has 4 unspecified atom stereocenters. The summed E-state index contributed by atoms with van der Waals surface area (Å²) in [6.45, 7) is 6.74. The first-order chi connectivity index (χ1) is 9.02. The summed E-state index contributed by atoms with van der Waals surface area (Å²) in [6, 6.07) is 6.50. The highest BCUT2D eigenvalue weighted by Crippen LogP contribution is 2.40. The molecule has 1 aromatic carbocycles. The van der Waals surface area contributed by atoms with Crippen LogP contribution in [-0.2, 0) is 0 Å². The average Bonchev–Trinajstić information content (AvgIpc) is 2.39. The van der Waals surface area contributed by atoms with Gasteiger partial charge in [0.15, 0.2) is 0 Å². The Hall–Kier alpha value is -0.570. The van der Waals surface area contributed by atoms with E-state index in [9.17, 15) is 0 Å². The highest BCUT2D eigenvalue weighted by atomic mass is 35.5. The molecule has 1 saturated carbocycles. The van der Waals surface area contributed by atoms with Gasteiger partial charge in [-0.2, -0.15) is 0 Å². The van der Waals surface area contributed by atoms with E-state index >= 15 is 0 Å². The highest BCUT2D eigenvalue weighted by molar-refractivity contribution is 6.31. The zero-order valence-electron chi connectivity index (χ0n) is 12.1. The van der Waals surface area contributed by atoms with Gasteiger partial charge in [-0.1, -0.05) is 44.0 Å². The molecule has 0 aromatic heterocycles. The largest absolute Gasteiger partial charge is 0.271 e. The topological polar surface area (TPSA) is 38.0 Å². The minimum absolute atomic E-state index is 0.216. The summed E-state index contributed by atoms with van der Waals surface area (Å²) in [5.41, 5.74) is 5.34. The van der Waals surface area contributed by atoms with E-state index in [1.807, 2.05) is 6.92 Å². The summed E-state index contributed by atoms with van der Waals surface area (Å²) >= 11 is 6.24. The molecule has 3 N–H and O–H groups in total. The van der Waals surface area contributed by atoms with Crippen LogP contribution in [0.25, 0.3) is 0 Å². The Balaban J connectivity index is 2.17. The molecular weight excluding hydrogens is 256 g/mol. The van der Waals surface area contributed by atoms with E-state index in [1.165, 1.54) is 24.8 Å². The first-order valence-electron chi connectivity index (χ1n) is 7.25. The molecule has 4 atom stereocenters. The van der Waals surface area contributed by atoms with Crippen molar-refractivity contribution in [2.45, 2.75) is 46.1 Å². The number of hydrogen-bond acceptors (Lipinski definition) is 2. The van der Waals surface area contributed by atoms with Gasteiger partial charge in [-0.05, 0) is 54.7 Å². The number of nitrogens with one attached hydrogen (secondary N) is 1. The molecule has 0 spiro atoms. The van der Waals surface area contributed by atoms with Crippen LogP contribution in [0.15, 0.2) is 18.2 Å². The van der Waals surface area contributed by atoms with Crippen LogP contribution >= 0.6 is 11.6 Å². The predicted octanol–water partition coefficient (Wildman–Crippen LogP) is 4.23. The second-order valence-corrected chi connectivity index (χ2v) is 6.59. The van der Waals surface area contributed by atoms with E-state index in [0.29, 0.717) is 5.92 Å². The maximum absolute atomic E-state index is 6.24. The first kappa shape index (κ1) is 14.8. The minimum Gasteiger partial charge on any atom is -0.271 e. The van der Waals surface area contributed by atoms with Crippen LogP contribution in [-0.4, -0.2) is 0 Å². The quantitative estimate of drug-likeness (QED) is 0.642. The Labute approximate surface area is 121 Å². The molecule has 1 fully saturated rings. The number of aryl methyl sites for hydroxylation is 1. The van der Waals surface area contributed by atoms with Crippen molar-refractivity contribution in [3.8, 4) is 0 Å².